The van der Waals surface area contributed by atoms with Gasteiger partial charge in [0.25, 0.3) is 5.69 Å². The van der Waals surface area contributed by atoms with E-state index in [4.69, 9.17) is 9.15 Å². The van der Waals surface area contributed by atoms with Gasteiger partial charge in [0.1, 0.15) is 5.76 Å². The number of carbonyl (C=O) groups is 1. The number of esters is 1. The first kappa shape index (κ1) is 22.6. The van der Waals surface area contributed by atoms with Gasteiger partial charge in [0, 0.05) is 29.7 Å². The molecule has 0 saturated heterocycles. The van der Waals surface area contributed by atoms with Gasteiger partial charge >= 0.3 is 5.97 Å². The molecule has 0 saturated carbocycles. The highest BCUT2D eigenvalue weighted by atomic mass is 16.6. The SMILES string of the molecule is CCN(CC)CC(CC)(CC)COC(=O)c1ccc(-c2ccc([N+](=O)[O-])cc2)o1. The molecule has 0 aliphatic rings. The van der Waals surface area contributed by atoms with Crippen LogP contribution in [0.3, 0.4) is 0 Å². The molecule has 0 unspecified atom stereocenters. The fraction of sp³-hybridized carbons (Fsp3) is 0.500. The summed E-state index contributed by atoms with van der Waals surface area (Å²) in [7, 11) is 0. The Bertz CT molecular complexity index is 805. The van der Waals surface area contributed by atoms with Gasteiger partial charge in [0.05, 0.1) is 11.5 Å². The lowest BCUT2D eigenvalue weighted by Gasteiger charge is -2.35. The Balaban J connectivity index is 2.06. The number of rotatable bonds is 11. The molecule has 2 aromatic rings. The second kappa shape index (κ2) is 10.2. The van der Waals surface area contributed by atoms with Crippen LogP contribution < -0.4 is 0 Å². The van der Waals surface area contributed by atoms with Crippen molar-refractivity contribution in [2.45, 2.75) is 40.5 Å². The Hall–Kier alpha value is -2.67. The maximum Gasteiger partial charge on any atom is 0.374 e. The van der Waals surface area contributed by atoms with Gasteiger partial charge in [0.15, 0.2) is 0 Å². The highest BCUT2D eigenvalue weighted by Gasteiger charge is 2.30. The minimum absolute atomic E-state index is 0.00335. The van der Waals surface area contributed by atoms with E-state index in [2.05, 4.69) is 32.6 Å². The van der Waals surface area contributed by atoms with E-state index in [0.29, 0.717) is 17.9 Å². The van der Waals surface area contributed by atoms with Crippen LogP contribution in [0.1, 0.15) is 51.1 Å². The van der Waals surface area contributed by atoms with Crippen molar-refractivity contribution in [2.75, 3.05) is 26.2 Å². The number of ether oxygens (including phenoxy) is 1. The molecular weight excluding hydrogens is 372 g/mol. The van der Waals surface area contributed by atoms with E-state index in [1.807, 2.05) is 0 Å². The average molecular weight is 402 g/mol. The molecule has 0 fully saturated rings. The molecule has 1 heterocycles. The molecule has 1 aromatic carbocycles. The van der Waals surface area contributed by atoms with Gasteiger partial charge in [-0.25, -0.2) is 4.79 Å². The van der Waals surface area contributed by atoms with Crippen molar-refractivity contribution in [2.24, 2.45) is 5.41 Å². The third-order valence-corrected chi connectivity index (χ3v) is 5.63. The number of non-ortho nitro benzene ring substituents is 1. The summed E-state index contributed by atoms with van der Waals surface area (Å²) in [5.41, 5.74) is 0.575. The van der Waals surface area contributed by atoms with Crippen molar-refractivity contribution in [3.05, 3.63) is 52.3 Å². The van der Waals surface area contributed by atoms with Gasteiger partial charge < -0.3 is 14.1 Å². The smallest absolute Gasteiger partial charge is 0.374 e. The van der Waals surface area contributed by atoms with Gasteiger partial charge in [-0.2, -0.15) is 0 Å². The van der Waals surface area contributed by atoms with Gasteiger partial charge in [-0.05, 0) is 50.2 Å². The Kier molecular flexibility index (Phi) is 7.96. The Morgan fingerprint density at radius 3 is 2.21 bits per heavy atom. The third kappa shape index (κ3) is 5.67. The van der Waals surface area contributed by atoms with E-state index >= 15 is 0 Å². The van der Waals surface area contributed by atoms with Crippen LogP contribution >= 0.6 is 0 Å². The zero-order valence-corrected chi connectivity index (χ0v) is 17.6. The number of nitro benzene ring substituents is 1. The molecule has 0 N–H and O–H groups in total. The van der Waals surface area contributed by atoms with Gasteiger partial charge in [0.2, 0.25) is 5.76 Å². The highest BCUT2D eigenvalue weighted by Crippen LogP contribution is 2.29. The molecule has 1 aromatic heterocycles. The van der Waals surface area contributed by atoms with Crippen LogP contribution in [0.4, 0.5) is 5.69 Å². The number of hydrogen-bond donors (Lipinski definition) is 0. The Labute approximate surface area is 171 Å². The number of nitro groups is 1. The highest BCUT2D eigenvalue weighted by molar-refractivity contribution is 5.87. The molecule has 0 amide bonds. The van der Waals surface area contributed by atoms with E-state index in [9.17, 15) is 14.9 Å². The second-order valence-corrected chi connectivity index (χ2v) is 7.21. The molecule has 2 rings (SSSR count). The predicted octanol–water partition coefficient (Wildman–Crippen LogP) is 5.16. The van der Waals surface area contributed by atoms with Crippen molar-refractivity contribution < 1.29 is 18.9 Å². The summed E-state index contributed by atoms with van der Waals surface area (Å²) in [6.45, 7) is 11.7. The summed E-state index contributed by atoms with van der Waals surface area (Å²) in [4.78, 5) is 25.2. The summed E-state index contributed by atoms with van der Waals surface area (Å²) in [6, 6.07) is 9.23. The monoisotopic (exact) mass is 402 g/mol. The first-order chi connectivity index (χ1) is 13.9. The van der Waals surface area contributed by atoms with Gasteiger partial charge in [-0.1, -0.05) is 27.7 Å². The fourth-order valence-corrected chi connectivity index (χ4v) is 3.28. The molecule has 7 heteroatoms. The zero-order valence-electron chi connectivity index (χ0n) is 17.6. The van der Waals surface area contributed by atoms with E-state index in [1.54, 1.807) is 24.3 Å². The summed E-state index contributed by atoms with van der Waals surface area (Å²) in [5, 5.41) is 10.8. The third-order valence-electron chi connectivity index (χ3n) is 5.63. The quantitative estimate of drug-likeness (QED) is 0.293. The van der Waals surface area contributed by atoms with Crippen LogP contribution in [0, 0.1) is 15.5 Å². The molecule has 158 valence electrons. The zero-order chi connectivity index (χ0) is 21.4. The average Bonchev–Trinajstić information content (AvgIpc) is 3.25. The Morgan fingerprint density at radius 2 is 1.69 bits per heavy atom. The Morgan fingerprint density at radius 1 is 1.07 bits per heavy atom. The standard InChI is InChI=1S/C22H30N2O5/c1-5-22(6-2,15-23(7-3)8-4)16-28-21(25)20-14-13-19(29-20)17-9-11-18(12-10-17)24(26)27/h9-14H,5-8,15-16H2,1-4H3. The number of hydrogen-bond acceptors (Lipinski definition) is 6. The molecule has 0 radical (unpaired) electrons. The fourth-order valence-electron chi connectivity index (χ4n) is 3.28. The largest absolute Gasteiger partial charge is 0.459 e. The number of benzene rings is 1. The first-order valence-corrected chi connectivity index (χ1v) is 10.1. The molecule has 0 spiro atoms. The van der Waals surface area contributed by atoms with Crippen molar-refractivity contribution >= 4 is 11.7 Å². The van der Waals surface area contributed by atoms with E-state index in [-0.39, 0.29) is 16.9 Å². The topological polar surface area (TPSA) is 85.8 Å². The van der Waals surface area contributed by atoms with E-state index in [1.165, 1.54) is 12.1 Å². The normalized spacial score (nSPS) is 11.6. The number of furan rings is 1. The lowest BCUT2D eigenvalue weighted by atomic mass is 9.82. The van der Waals surface area contributed by atoms with Crippen molar-refractivity contribution in [3.8, 4) is 11.3 Å². The lowest BCUT2D eigenvalue weighted by molar-refractivity contribution is -0.384. The van der Waals surface area contributed by atoms with Crippen LogP contribution in [0.15, 0.2) is 40.8 Å². The van der Waals surface area contributed by atoms with E-state index in [0.717, 1.165) is 32.5 Å². The van der Waals surface area contributed by atoms with Crippen LogP contribution in [-0.2, 0) is 4.74 Å². The summed E-state index contributed by atoms with van der Waals surface area (Å²) >= 11 is 0. The van der Waals surface area contributed by atoms with Crippen LogP contribution in [0.25, 0.3) is 11.3 Å². The summed E-state index contributed by atoms with van der Waals surface area (Å²) < 4.78 is 11.2. The molecule has 0 bridgehead atoms. The van der Waals surface area contributed by atoms with Gasteiger partial charge in [-0.15, -0.1) is 0 Å². The predicted molar refractivity (Wildman–Crippen MR) is 112 cm³/mol. The minimum Gasteiger partial charge on any atom is -0.459 e. The van der Waals surface area contributed by atoms with Crippen molar-refractivity contribution in [1.82, 2.24) is 4.90 Å². The molecule has 0 atom stereocenters. The van der Waals surface area contributed by atoms with E-state index < -0.39 is 10.9 Å². The molecule has 29 heavy (non-hydrogen) atoms. The molecule has 0 aliphatic carbocycles. The van der Waals surface area contributed by atoms with Gasteiger partial charge in [-0.3, -0.25) is 10.1 Å². The van der Waals surface area contributed by atoms with Crippen LogP contribution in [-0.4, -0.2) is 42.0 Å². The second-order valence-electron chi connectivity index (χ2n) is 7.21. The summed E-state index contributed by atoms with van der Waals surface area (Å²) in [6.07, 6.45) is 1.83. The van der Waals surface area contributed by atoms with Crippen molar-refractivity contribution in [3.63, 3.8) is 0 Å². The number of carbonyl (C=O) groups excluding carboxylic acids is 1. The van der Waals surface area contributed by atoms with Crippen molar-refractivity contribution in [1.29, 1.82) is 0 Å². The minimum atomic E-state index is -0.496. The van der Waals surface area contributed by atoms with Crippen LogP contribution in [0.5, 0.6) is 0 Å². The maximum absolute atomic E-state index is 12.5. The lowest BCUT2D eigenvalue weighted by Crippen LogP contribution is -2.40. The molecule has 0 aliphatic heterocycles. The molecular formula is C22H30N2O5. The van der Waals surface area contributed by atoms with Crippen LogP contribution in [0.2, 0.25) is 0 Å². The molecule has 7 nitrogen and oxygen atoms in total. The first-order valence-electron chi connectivity index (χ1n) is 10.1. The number of nitrogens with zero attached hydrogens (tertiary/aromatic N) is 2. The summed E-state index contributed by atoms with van der Waals surface area (Å²) in [5.74, 6) is 0.0958. The maximum atomic E-state index is 12.5.